The molecule has 0 spiro atoms. The first kappa shape index (κ1) is 12.2. The predicted molar refractivity (Wildman–Crippen MR) is 81.4 cm³/mol. The van der Waals surface area contributed by atoms with Crippen molar-refractivity contribution < 1.29 is 0 Å². The number of thiazole rings is 1. The van der Waals surface area contributed by atoms with Crippen LogP contribution in [0.5, 0.6) is 0 Å². The van der Waals surface area contributed by atoms with E-state index in [1.807, 2.05) is 17.4 Å². The summed E-state index contributed by atoms with van der Waals surface area (Å²) in [6.45, 7) is 4.47. The molecule has 1 fully saturated rings. The number of rotatable bonds is 2. The molecule has 94 valence electrons. The highest BCUT2D eigenvalue weighted by molar-refractivity contribution is 9.10. The summed E-state index contributed by atoms with van der Waals surface area (Å²) in [5.74, 6) is 0. The first-order chi connectivity index (χ1) is 8.75. The average molecular weight is 323 g/mol. The highest BCUT2D eigenvalue weighted by Crippen LogP contribution is 2.36. The molecule has 0 radical (unpaired) electrons. The summed E-state index contributed by atoms with van der Waals surface area (Å²) >= 11 is 5.42. The van der Waals surface area contributed by atoms with Crippen LogP contribution in [0.25, 0.3) is 11.3 Å². The number of aryl methyl sites for hydroxylation is 1. The van der Waals surface area contributed by atoms with Gasteiger partial charge in [0.1, 0.15) is 0 Å². The summed E-state index contributed by atoms with van der Waals surface area (Å²) in [4.78, 5) is 8.53. The normalized spacial score (nSPS) is 15.3. The fourth-order valence-electron chi connectivity index (χ4n) is 2.33. The van der Waals surface area contributed by atoms with Crippen molar-refractivity contribution in [3.8, 4) is 11.3 Å². The van der Waals surface area contributed by atoms with Gasteiger partial charge in [-0.2, -0.15) is 0 Å². The van der Waals surface area contributed by atoms with E-state index in [0.717, 1.165) is 23.3 Å². The molecule has 18 heavy (non-hydrogen) atoms. The first-order valence-electron chi connectivity index (χ1n) is 6.23. The molecular formula is C14H15BrN2S. The molecule has 1 aromatic carbocycles. The predicted octanol–water partition coefficient (Wildman–Crippen LogP) is 4.48. The summed E-state index contributed by atoms with van der Waals surface area (Å²) in [5.41, 5.74) is 2.31. The van der Waals surface area contributed by atoms with E-state index in [0.29, 0.717) is 0 Å². The second kappa shape index (κ2) is 5.02. The van der Waals surface area contributed by atoms with Gasteiger partial charge in [-0.25, -0.2) is 4.98 Å². The first-order valence-corrected chi connectivity index (χ1v) is 7.84. The van der Waals surface area contributed by atoms with Crippen molar-refractivity contribution in [1.82, 2.24) is 4.98 Å². The van der Waals surface area contributed by atoms with Crippen LogP contribution in [0.15, 0.2) is 28.7 Å². The van der Waals surface area contributed by atoms with Gasteiger partial charge >= 0.3 is 0 Å². The van der Waals surface area contributed by atoms with Gasteiger partial charge in [-0.3, -0.25) is 0 Å². The summed E-state index contributed by atoms with van der Waals surface area (Å²) in [6, 6.07) is 8.30. The van der Waals surface area contributed by atoms with Gasteiger partial charge in [0, 0.05) is 28.0 Å². The Kier molecular flexibility index (Phi) is 3.39. The van der Waals surface area contributed by atoms with Crippen LogP contribution in [-0.2, 0) is 0 Å². The van der Waals surface area contributed by atoms with Crippen LogP contribution in [0.4, 0.5) is 5.13 Å². The van der Waals surface area contributed by atoms with Gasteiger partial charge in [0.15, 0.2) is 5.13 Å². The van der Waals surface area contributed by atoms with Crippen LogP contribution < -0.4 is 4.90 Å². The maximum Gasteiger partial charge on any atom is 0.186 e. The third-order valence-corrected chi connectivity index (χ3v) is 5.01. The molecule has 2 heterocycles. The molecule has 1 saturated heterocycles. The zero-order chi connectivity index (χ0) is 12.5. The summed E-state index contributed by atoms with van der Waals surface area (Å²) in [6.07, 6.45) is 2.59. The van der Waals surface area contributed by atoms with Crippen molar-refractivity contribution >= 4 is 32.4 Å². The maximum atomic E-state index is 4.84. The van der Waals surface area contributed by atoms with E-state index < -0.39 is 0 Å². The Morgan fingerprint density at radius 2 is 1.94 bits per heavy atom. The van der Waals surface area contributed by atoms with Gasteiger partial charge in [0.2, 0.25) is 0 Å². The van der Waals surface area contributed by atoms with E-state index in [1.54, 1.807) is 0 Å². The van der Waals surface area contributed by atoms with Crippen LogP contribution in [0, 0.1) is 6.92 Å². The lowest BCUT2D eigenvalue weighted by atomic mass is 10.1. The lowest BCUT2D eigenvalue weighted by Gasteiger charge is -2.12. The van der Waals surface area contributed by atoms with Crippen molar-refractivity contribution in [2.75, 3.05) is 18.0 Å². The van der Waals surface area contributed by atoms with Gasteiger partial charge < -0.3 is 4.90 Å². The standard InChI is InChI=1S/C14H15BrN2S/c1-10-13(11-6-2-3-7-12(11)15)16-14(18-10)17-8-4-5-9-17/h2-3,6-7H,4-5,8-9H2,1H3. The van der Waals surface area contributed by atoms with Gasteiger partial charge in [0.05, 0.1) is 5.69 Å². The zero-order valence-corrected chi connectivity index (χ0v) is 12.7. The monoisotopic (exact) mass is 322 g/mol. The highest BCUT2D eigenvalue weighted by atomic mass is 79.9. The molecule has 0 saturated carbocycles. The molecule has 0 N–H and O–H groups in total. The minimum Gasteiger partial charge on any atom is -0.348 e. The molecule has 4 heteroatoms. The van der Waals surface area contributed by atoms with E-state index in [2.05, 4.69) is 46.0 Å². The second-order valence-electron chi connectivity index (χ2n) is 4.58. The van der Waals surface area contributed by atoms with E-state index in [-0.39, 0.29) is 0 Å². The molecule has 0 amide bonds. The highest BCUT2D eigenvalue weighted by Gasteiger charge is 2.19. The lowest BCUT2D eigenvalue weighted by Crippen LogP contribution is -2.17. The number of anilines is 1. The second-order valence-corrected chi connectivity index (χ2v) is 6.61. The number of nitrogens with zero attached hydrogens (tertiary/aromatic N) is 2. The van der Waals surface area contributed by atoms with Crippen LogP contribution in [0.2, 0.25) is 0 Å². The molecule has 2 nitrogen and oxygen atoms in total. The van der Waals surface area contributed by atoms with Crippen LogP contribution >= 0.6 is 27.3 Å². The lowest BCUT2D eigenvalue weighted by molar-refractivity contribution is 0.949. The van der Waals surface area contributed by atoms with Crippen molar-refractivity contribution in [3.05, 3.63) is 33.6 Å². The minimum atomic E-state index is 1.12. The molecule has 0 unspecified atom stereocenters. The zero-order valence-electron chi connectivity index (χ0n) is 10.3. The average Bonchev–Trinajstić information content (AvgIpc) is 2.99. The van der Waals surface area contributed by atoms with E-state index in [1.165, 1.54) is 28.4 Å². The van der Waals surface area contributed by atoms with Crippen LogP contribution in [0.1, 0.15) is 17.7 Å². The van der Waals surface area contributed by atoms with Crippen LogP contribution in [-0.4, -0.2) is 18.1 Å². The molecule has 1 aliphatic rings. The third kappa shape index (κ3) is 2.19. The summed E-state index contributed by atoms with van der Waals surface area (Å²) in [7, 11) is 0. The molecule has 0 bridgehead atoms. The molecule has 2 aromatic rings. The molecule has 3 rings (SSSR count). The Bertz CT molecular complexity index is 559. The third-order valence-electron chi connectivity index (χ3n) is 3.29. The smallest absolute Gasteiger partial charge is 0.186 e. The van der Waals surface area contributed by atoms with Crippen molar-refractivity contribution in [2.24, 2.45) is 0 Å². The van der Waals surface area contributed by atoms with E-state index in [9.17, 15) is 0 Å². The molecule has 1 aliphatic heterocycles. The Balaban J connectivity index is 2.00. The fourth-order valence-corrected chi connectivity index (χ4v) is 3.78. The van der Waals surface area contributed by atoms with Crippen molar-refractivity contribution in [2.45, 2.75) is 19.8 Å². The van der Waals surface area contributed by atoms with E-state index in [4.69, 9.17) is 4.98 Å². The van der Waals surface area contributed by atoms with Crippen molar-refractivity contribution in [1.29, 1.82) is 0 Å². The summed E-state index contributed by atoms with van der Waals surface area (Å²) in [5, 5.41) is 1.18. The number of hydrogen-bond donors (Lipinski definition) is 0. The van der Waals surface area contributed by atoms with Gasteiger partial charge in [-0.05, 0) is 25.8 Å². The van der Waals surface area contributed by atoms with E-state index >= 15 is 0 Å². The Morgan fingerprint density at radius 1 is 1.22 bits per heavy atom. The Labute approximate surface area is 120 Å². The molecule has 1 aromatic heterocycles. The SMILES string of the molecule is Cc1sc(N2CCCC2)nc1-c1ccccc1Br. The van der Waals surface area contributed by atoms with Gasteiger partial charge in [-0.1, -0.05) is 34.1 Å². The van der Waals surface area contributed by atoms with Gasteiger partial charge in [-0.15, -0.1) is 11.3 Å². The summed E-state index contributed by atoms with van der Waals surface area (Å²) < 4.78 is 1.12. The number of aromatic nitrogens is 1. The van der Waals surface area contributed by atoms with Gasteiger partial charge in [0.25, 0.3) is 0 Å². The number of hydrogen-bond acceptors (Lipinski definition) is 3. The fraction of sp³-hybridized carbons (Fsp3) is 0.357. The Hall–Kier alpha value is -0.870. The van der Waals surface area contributed by atoms with Crippen molar-refractivity contribution in [3.63, 3.8) is 0 Å². The minimum absolute atomic E-state index is 1.12. The number of halogens is 1. The molecule has 0 atom stereocenters. The quantitative estimate of drug-likeness (QED) is 0.810. The maximum absolute atomic E-state index is 4.84. The molecule has 0 aliphatic carbocycles. The topological polar surface area (TPSA) is 16.1 Å². The molecular weight excluding hydrogens is 308 g/mol. The largest absolute Gasteiger partial charge is 0.348 e. The number of benzene rings is 1. The Morgan fingerprint density at radius 3 is 2.67 bits per heavy atom. The van der Waals surface area contributed by atoms with Crippen LogP contribution in [0.3, 0.4) is 0 Å².